The number of nitrogens with zero attached hydrogens (tertiary/aromatic N) is 2. The molecule has 0 amide bonds. The van der Waals surface area contributed by atoms with Gasteiger partial charge in [-0.1, -0.05) is 0 Å². The number of benzene rings is 1. The third-order valence-electron chi connectivity index (χ3n) is 3.34. The van der Waals surface area contributed by atoms with Crippen molar-refractivity contribution >= 4 is 17.0 Å². The maximum absolute atomic E-state index is 13.2. The van der Waals surface area contributed by atoms with E-state index < -0.39 is 0 Å². The molecule has 1 fully saturated rings. The van der Waals surface area contributed by atoms with Crippen LogP contribution in [0.15, 0.2) is 18.2 Å². The lowest BCUT2D eigenvalue weighted by atomic mass is 10.1. The minimum Gasteiger partial charge on any atom is -0.369 e. The van der Waals surface area contributed by atoms with Crippen LogP contribution in [-0.2, 0) is 6.54 Å². The summed E-state index contributed by atoms with van der Waals surface area (Å²) in [7, 11) is 0. The second-order valence-corrected chi connectivity index (χ2v) is 4.57. The van der Waals surface area contributed by atoms with Crippen LogP contribution in [0.5, 0.6) is 0 Å². The quantitative estimate of drug-likeness (QED) is 0.825. The first kappa shape index (κ1) is 10.5. The topological polar surface area (TPSA) is 55.9 Å². The summed E-state index contributed by atoms with van der Waals surface area (Å²) in [4.78, 5) is 4.25. The Morgan fingerprint density at radius 3 is 3.18 bits per heavy atom. The Labute approximate surface area is 98.6 Å². The lowest BCUT2D eigenvalue weighted by Gasteiger charge is -2.11. The second kappa shape index (κ2) is 4.00. The van der Waals surface area contributed by atoms with Crippen molar-refractivity contribution in [3.63, 3.8) is 0 Å². The van der Waals surface area contributed by atoms with Crippen molar-refractivity contribution in [1.29, 1.82) is 0 Å². The highest BCUT2D eigenvalue weighted by Crippen LogP contribution is 2.22. The second-order valence-electron chi connectivity index (χ2n) is 4.57. The molecule has 0 saturated carbocycles. The number of halogens is 1. The summed E-state index contributed by atoms with van der Waals surface area (Å²) in [6.45, 7) is 2.85. The van der Waals surface area contributed by atoms with Crippen molar-refractivity contribution < 1.29 is 4.39 Å². The van der Waals surface area contributed by atoms with E-state index >= 15 is 0 Å². The molecule has 0 spiro atoms. The van der Waals surface area contributed by atoms with Gasteiger partial charge in [-0.3, -0.25) is 0 Å². The van der Waals surface area contributed by atoms with Crippen LogP contribution in [0.3, 0.4) is 0 Å². The SMILES string of the molecule is Nc1nc2ccc(F)cc2n1CC1CCNC1. The molecule has 1 aliphatic heterocycles. The standard InChI is InChI=1S/C12H15FN4/c13-9-1-2-10-11(5-9)17(12(14)16-10)7-8-3-4-15-6-8/h1-2,5,8,15H,3-4,6-7H2,(H2,14,16). The van der Waals surface area contributed by atoms with E-state index in [-0.39, 0.29) is 5.82 Å². The zero-order chi connectivity index (χ0) is 11.8. The van der Waals surface area contributed by atoms with E-state index in [0.29, 0.717) is 11.9 Å². The first-order valence-electron chi connectivity index (χ1n) is 5.86. The van der Waals surface area contributed by atoms with Crippen molar-refractivity contribution in [2.75, 3.05) is 18.8 Å². The van der Waals surface area contributed by atoms with Crippen molar-refractivity contribution in [1.82, 2.24) is 14.9 Å². The fourth-order valence-electron chi connectivity index (χ4n) is 2.43. The molecule has 0 radical (unpaired) electrons. The number of nitrogens with one attached hydrogen (secondary N) is 1. The van der Waals surface area contributed by atoms with Crippen LogP contribution < -0.4 is 11.1 Å². The molecule has 1 unspecified atom stereocenters. The van der Waals surface area contributed by atoms with Gasteiger partial charge in [0.1, 0.15) is 5.82 Å². The van der Waals surface area contributed by atoms with Crippen molar-refractivity contribution in [2.45, 2.75) is 13.0 Å². The summed E-state index contributed by atoms with van der Waals surface area (Å²) in [6.07, 6.45) is 1.13. The number of aromatic nitrogens is 2. The number of hydrogen-bond donors (Lipinski definition) is 2. The summed E-state index contributed by atoms with van der Waals surface area (Å²) in [5, 5.41) is 3.32. The Bertz CT molecular complexity index is 543. The normalized spacial score (nSPS) is 20.2. The highest BCUT2D eigenvalue weighted by molar-refractivity contribution is 5.78. The number of fused-ring (bicyclic) bond motifs is 1. The lowest BCUT2D eigenvalue weighted by Crippen LogP contribution is -2.15. The summed E-state index contributed by atoms with van der Waals surface area (Å²) < 4.78 is 15.2. The largest absolute Gasteiger partial charge is 0.369 e. The minimum atomic E-state index is -0.247. The predicted molar refractivity (Wildman–Crippen MR) is 65.1 cm³/mol. The molecule has 0 bridgehead atoms. The maximum Gasteiger partial charge on any atom is 0.201 e. The Hall–Kier alpha value is -1.62. The van der Waals surface area contributed by atoms with E-state index in [2.05, 4.69) is 10.3 Å². The summed E-state index contributed by atoms with van der Waals surface area (Å²) >= 11 is 0. The van der Waals surface area contributed by atoms with Gasteiger partial charge in [-0.25, -0.2) is 9.37 Å². The van der Waals surface area contributed by atoms with E-state index in [4.69, 9.17) is 5.73 Å². The van der Waals surface area contributed by atoms with Crippen molar-refractivity contribution in [3.8, 4) is 0 Å². The highest BCUT2D eigenvalue weighted by atomic mass is 19.1. The van der Waals surface area contributed by atoms with Crippen LogP contribution in [0.4, 0.5) is 10.3 Å². The van der Waals surface area contributed by atoms with E-state index in [1.165, 1.54) is 12.1 Å². The van der Waals surface area contributed by atoms with E-state index in [1.54, 1.807) is 6.07 Å². The van der Waals surface area contributed by atoms with Gasteiger partial charge in [0.15, 0.2) is 0 Å². The molecule has 3 rings (SSSR count). The van der Waals surface area contributed by atoms with Gasteiger partial charge in [-0.15, -0.1) is 0 Å². The Morgan fingerprint density at radius 2 is 2.41 bits per heavy atom. The van der Waals surface area contributed by atoms with Gasteiger partial charge in [-0.2, -0.15) is 0 Å². The molecular formula is C12H15FN4. The van der Waals surface area contributed by atoms with Gasteiger partial charge in [0.25, 0.3) is 0 Å². The molecule has 4 nitrogen and oxygen atoms in total. The molecule has 0 aliphatic carbocycles. The fraction of sp³-hybridized carbons (Fsp3) is 0.417. The van der Waals surface area contributed by atoms with E-state index in [0.717, 1.165) is 37.1 Å². The molecule has 17 heavy (non-hydrogen) atoms. The number of nitrogen functional groups attached to an aromatic ring is 1. The smallest absolute Gasteiger partial charge is 0.201 e. The number of hydrogen-bond acceptors (Lipinski definition) is 3. The molecule has 1 aromatic heterocycles. The van der Waals surface area contributed by atoms with Gasteiger partial charge in [0.2, 0.25) is 5.95 Å². The summed E-state index contributed by atoms with van der Waals surface area (Å²) in [5.41, 5.74) is 7.44. The molecular weight excluding hydrogens is 219 g/mol. The third-order valence-corrected chi connectivity index (χ3v) is 3.34. The van der Waals surface area contributed by atoms with Crippen molar-refractivity contribution in [2.24, 2.45) is 5.92 Å². The molecule has 2 aromatic rings. The Kier molecular flexibility index (Phi) is 2.48. The van der Waals surface area contributed by atoms with Crippen LogP contribution in [0.2, 0.25) is 0 Å². The van der Waals surface area contributed by atoms with Crippen LogP contribution in [0, 0.1) is 11.7 Å². The molecule has 1 aliphatic rings. The van der Waals surface area contributed by atoms with Gasteiger partial charge in [0.05, 0.1) is 11.0 Å². The molecule has 1 aromatic carbocycles. The van der Waals surface area contributed by atoms with Gasteiger partial charge in [0, 0.05) is 6.54 Å². The maximum atomic E-state index is 13.2. The molecule has 5 heteroatoms. The van der Waals surface area contributed by atoms with Gasteiger partial charge >= 0.3 is 0 Å². The Balaban J connectivity index is 2.01. The fourth-order valence-corrected chi connectivity index (χ4v) is 2.43. The van der Waals surface area contributed by atoms with Crippen LogP contribution in [0.1, 0.15) is 6.42 Å². The average molecular weight is 234 g/mol. The third kappa shape index (κ3) is 1.86. The number of imidazole rings is 1. The van der Waals surface area contributed by atoms with E-state index in [1.807, 2.05) is 4.57 Å². The summed E-state index contributed by atoms with van der Waals surface area (Å²) in [6, 6.07) is 4.59. The minimum absolute atomic E-state index is 0.247. The predicted octanol–water partition coefficient (Wildman–Crippen LogP) is 1.37. The van der Waals surface area contributed by atoms with Crippen LogP contribution in [0.25, 0.3) is 11.0 Å². The van der Waals surface area contributed by atoms with Crippen LogP contribution >= 0.6 is 0 Å². The van der Waals surface area contributed by atoms with Gasteiger partial charge in [-0.05, 0) is 43.6 Å². The molecule has 1 saturated heterocycles. The average Bonchev–Trinajstić information content (AvgIpc) is 2.90. The highest BCUT2D eigenvalue weighted by Gasteiger charge is 2.18. The van der Waals surface area contributed by atoms with Crippen LogP contribution in [-0.4, -0.2) is 22.6 Å². The van der Waals surface area contributed by atoms with Gasteiger partial charge < -0.3 is 15.6 Å². The monoisotopic (exact) mass is 234 g/mol. The zero-order valence-electron chi connectivity index (χ0n) is 9.49. The van der Waals surface area contributed by atoms with E-state index in [9.17, 15) is 4.39 Å². The number of anilines is 1. The Morgan fingerprint density at radius 1 is 1.53 bits per heavy atom. The zero-order valence-corrected chi connectivity index (χ0v) is 9.49. The molecule has 1 atom stereocenters. The van der Waals surface area contributed by atoms with Crippen molar-refractivity contribution in [3.05, 3.63) is 24.0 Å². The lowest BCUT2D eigenvalue weighted by molar-refractivity contribution is 0.493. The number of nitrogens with two attached hydrogens (primary N) is 1. The molecule has 90 valence electrons. The first-order valence-corrected chi connectivity index (χ1v) is 5.86. The molecule has 2 heterocycles. The number of rotatable bonds is 2. The summed E-state index contributed by atoms with van der Waals surface area (Å²) in [5.74, 6) is 0.777. The first-order chi connectivity index (χ1) is 8.24. The molecule has 3 N–H and O–H groups in total.